The third kappa shape index (κ3) is 6.42. The summed E-state index contributed by atoms with van der Waals surface area (Å²) < 4.78 is 0. The average Bonchev–Trinajstić information content (AvgIpc) is 2.93. The molecule has 2 atom stereocenters. The molecule has 0 radical (unpaired) electrons. The predicted molar refractivity (Wildman–Crippen MR) is 148 cm³/mol. The second-order valence-corrected chi connectivity index (χ2v) is 9.79. The van der Waals surface area contributed by atoms with Crippen molar-refractivity contribution in [1.82, 2.24) is 20.2 Å². The predicted octanol–water partition coefficient (Wildman–Crippen LogP) is 3.08. The van der Waals surface area contributed by atoms with Gasteiger partial charge in [-0.25, -0.2) is 19.4 Å². The molecule has 4 N–H and O–H groups in total. The van der Waals surface area contributed by atoms with Gasteiger partial charge in [0.15, 0.2) is 5.78 Å². The van der Waals surface area contributed by atoms with Crippen molar-refractivity contribution in [3.63, 3.8) is 0 Å². The number of rotatable bonds is 8. The SMILES string of the molecule is Cc1cccc(C)c1C(=O)Nc1[nH]c(=O)ncc1CC(NC(=O)N1CCCCC1C(=O)c1ccccc1)C(=O)O. The number of piperidine rings is 1. The largest absolute Gasteiger partial charge is 0.480 e. The van der Waals surface area contributed by atoms with Crippen LogP contribution in [0.2, 0.25) is 0 Å². The number of aromatic nitrogens is 2. The topological polar surface area (TPSA) is 162 Å². The van der Waals surface area contributed by atoms with E-state index in [-0.39, 0.29) is 23.6 Å². The number of nitrogens with one attached hydrogen (secondary N) is 3. The Bertz CT molecular complexity index is 1470. The molecular weight excluding hydrogens is 514 g/mol. The van der Waals surface area contributed by atoms with Gasteiger partial charge in [0.2, 0.25) is 0 Å². The van der Waals surface area contributed by atoms with Crippen molar-refractivity contribution in [3.05, 3.63) is 93.0 Å². The summed E-state index contributed by atoms with van der Waals surface area (Å²) in [5.74, 6) is -2.02. The highest BCUT2D eigenvalue weighted by molar-refractivity contribution is 6.06. The van der Waals surface area contributed by atoms with Gasteiger partial charge in [0.05, 0.1) is 6.04 Å². The molecule has 0 saturated carbocycles. The first-order valence-corrected chi connectivity index (χ1v) is 13.0. The first kappa shape index (κ1) is 28.2. The number of ketones is 1. The van der Waals surface area contributed by atoms with Gasteiger partial charge in [-0.2, -0.15) is 0 Å². The normalized spacial score (nSPS) is 15.7. The van der Waals surface area contributed by atoms with E-state index in [1.807, 2.05) is 6.07 Å². The Hall–Kier alpha value is -4.80. The number of aliphatic carboxylic acids is 1. The Morgan fingerprint density at radius 1 is 1.05 bits per heavy atom. The lowest BCUT2D eigenvalue weighted by molar-refractivity contribution is -0.139. The van der Waals surface area contributed by atoms with Gasteiger partial charge in [-0.1, -0.05) is 48.5 Å². The Labute approximate surface area is 230 Å². The number of hydrogen-bond donors (Lipinski definition) is 4. The van der Waals surface area contributed by atoms with E-state index >= 15 is 0 Å². The van der Waals surface area contributed by atoms with Crippen molar-refractivity contribution in [2.75, 3.05) is 11.9 Å². The number of carbonyl (C=O) groups excluding carboxylic acids is 3. The number of urea groups is 1. The summed E-state index contributed by atoms with van der Waals surface area (Å²) in [4.78, 5) is 71.2. The van der Waals surface area contributed by atoms with Crippen molar-refractivity contribution in [2.45, 2.75) is 51.6 Å². The van der Waals surface area contributed by atoms with Crippen molar-refractivity contribution in [1.29, 1.82) is 0 Å². The number of amides is 3. The minimum absolute atomic E-state index is 0.0109. The highest BCUT2D eigenvalue weighted by Gasteiger charge is 2.34. The van der Waals surface area contributed by atoms with Gasteiger partial charge in [0.25, 0.3) is 5.91 Å². The van der Waals surface area contributed by atoms with E-state index in [1.54, 1.807) is 56.3 Å². The highest BCUT2D eigenvalue weighted by Crippen LogP contribution is 2.22. The first-order valence-electron chi connectivity index (χ1n) is 13.0. The van der Waals surface area contributed by atoms with Crippen molar-refractivity contribution < 1.29 is 24.3 Å². The number of anilines is 1. The molecule has 1 aliphatic heterocycles. The Balaban J connectivity index is 1.54. The third-order valence-electron chi connectivity index (χ3n) is 6.98. The van der Waals surface area contributed by atoms with Gasteiger partial charge < -0.3 is 20.6 Å². The number of aryl methyl sites for hydroxylation is 2. The molecule has 1 aliphatic rings. The third-order valence-corrected chi connectivity index (χ3v) is 6.98. The lowest BCUT2D eigenvalue weighted by Gasteiger charge is -2.35. The molecule has 1 fully saturated rings. The number of carboxylic acid groups (broad SMARTS) is 1. The summed E-state index contributed by atoms with van der Waals surface area (Å²) in [6.45, 7) is 3.87. The molecule has 0 spiro atoms. The summed E-state index contributed by atoms with van der Waals surface area (Å²) in [6.07, 6.45) is 2.81. The fraction of sp³-hybridized carbons (Fsp3) is 0.310. The van der Waals surface area contributed by atoms with Crippen LogP contribution in [-0.4, -0.2) is 62.3 Å². The fourth-order valence-electron chi connectivity index (χ4n) is 4.93. The molecule has 40 heavy (non-hydrogen) atoms. The Morgan fingerprint density at radius 2 is 1.75 bits per heavy atom. The van der Waals surface area contributed by atoms with E-state index < -0.39 is 35.7 Å². The van der Waals surface area contributed by atoms with E-state index in [0.29, 0.717) is 30.5 Å². The molecule has 2 unspecified atom stereocenters. The van der Waals surface area contributed by atoms with Gasteiger partial charge in [-0.05, 0) is 44.2 Å². The molecule has 11 heteroatoms. The van der Waals surface area contributed by atoms with Gasteiger partial charge in [0.1, 0.15) is 11.9 Å². The number of Topliss-reactive ketones (excluding diaryl/α,β-unsaturated/α-hetero) is 1. The molecule has 3 aromatic rings. The lowest BCUT2D eigenvalue weighted by atomic mass is 9.94. The molecule has 4 rings (SSSR count). The number of carbonyl (C=O) groups is 4. The van der Waals surface area contributed by atoms with Crippen LogP contribution < -0.4 is 16.3 Å². The van der Waals surface area contributed by atoms with Gasteiger partial charge in [-0.3, -0.25) is 14.6 Å². The number of likely N-dealkylation sites (tertiary alicyclic amines) is 1. The van der Waals surface area contributed by atoms with Crippen molar-refractivity contribution in [2.24, 2.45) is 0 Å². The fourth-order valence-corrected chi connectivity index (χ4v) is 4.93. The summed E-state index contributed by atoms with van der Waals surface area (Å²) >= 11 is 0. The number of hydrogen-bond acceptors (Lipinski definition) is 6. The van der Waals surface area contributed by atoms with E-state index in [0.717, 1.165) is 17.5 Å². The smallest absolute Gasteiger partial charge is 0.346 e. The average molecular weight is 546 g/mol. The van der Waals surface area contributed by atoms with Crippen LogP contribution in [0.25, 0.3) is 0 Å². The van der Waals surface area contributed by atoms with E-state index in [4.69, 9.17) is 0 Å². The summed E-state index contributed by atoms with van der Waals surface area (Å²) in [7, 11) is 0. The second-order valence-electron chi connectivity index (χ2n) is 9.79. The maximum absolute atomic E-state index is 13.3. The zero-order valence-corrected chi connectivity index (χ0v) is 22.3. The molecule has 2 aromatic carbocycles. The van der Waals surface area contributed by atoms with Gasteiger partial charge in [-0.15, -0.1) is 0 Å². The Morgan fingerprint density at radius 3 is 2.42 bits per heavy atom. The second kappa shape index (κ2) is 12.4. The minimum atomic E-state index is -1.43. The summed E-state index contributed by atoms with van der Waals surface area (Å²) in [5.41, 5.74) is 1.84. The standard InChI is InChI=1S/C29H31N5O6/c1-17-9-8-10-18(2)23(17)26(36)32-25-20(16-30-28(39)33-25)15-21(27(37)38)31-29(40)34-14-7-6-13-22(34)24(35)19-11-4-3-5-12-19/h3-5,8-12,16,21-22H,6-7,13-15H2,1-2H3,(H,31,40)(H,37,38)(H2,30,32,33,36,39). The van der Waals surface area contributed by atoms with E-state index in [9.17, 15) is 29.1 Å². The number of carboxylic acids is 1. The molecule has 2 heterocycles. The van der Waals surface area contributed by atoms with Crippen molar-refractivity contribution in [3.8, 4) is 0 Å². The molecule has 1 aromatic heterocycles. The van der Waals surface area contributed by atoms with Crippen molar-refractivity contribution >= 4 is 29.5 Å². The van der Waals surface area contributed by atoms with Crippen LogP contribution in [0.4, 0.5) is 10.6 Å². The van der Waals surface area contributed by atoms with E-state index in [1.165, 1.54) is 11.1 Å². The Kier molecular flexibility index (Phi) is 8.73. The summed E-state index contributed by atoms with van der Waals surface area (Å²) in [5, 5.41) is 15.1. The van der Waals surface area contributed by atoms with Crippen LogP contribution in [0.5, 0.6) is 0 Å². The maximum Gasteiger partial charge on any atom is 0.346 e. The van der Waals surface area contributed by atoms with Crippen LogP contribution in [0, 0.1) is 13.8 Å². The van der Waals surface area contributed by atoms with Crippen LogP contribution >= 0.6 is 0 Å². The number of benzene rings is 2. The number of aromatic amines is 1. The molecule has 3 amide bonds. The molecule has 11 nitrogen and oxygen atoms in total. The zero-order valence-electron chi connectivity index (χ0n) is 22.3. The molecular formula is C29H31N5O6. The van der Waals surface area contributed by atoms with Crippen LogP contribution in [0.3, 0.4) is 0 Å². The van der Waals surface area contributed by atoms with Crippen LogP contribution in [-0.2, 0) is 11.2 Å². The van der Waals surface area contributed by atoms with Gasteiger partial charge in [0, 0.05) is 35.9 Å². The number of nitrogens with zero attached hydrogens (tertiary/aromatic N) is 2. The minimum Gasteiger partial charge on any atom is -0.480 e. The quantitative estimate of drug-likeness (QED) is 0.316. The molecule has 1 saturated heterocycles. The van der Waals surface area contributed by atoms with Gasteiger partial charge >= 0.3 is 17.7 Å². The lowest BCUT2D eigenvalue weighted by Crippen LogP contribution is -2.55. The van der Waals surface area contributed by atoms with Crippen LogP contribution in [0.1, 0.15) is 56.7 Å². The molecule has 0 aliphatic carbocycles. The first-order chi connectivity index (χ1) is 19.2. The van der Waals surface area contributed by atoms with Crippen LogP contribution in [0.15, 0.2) is 59.5 Å². The highest BCUT2D eigenvalue weighted by atomic mass is 16.4. The molecule has 0 bridgehead atoms. The monoisotopic (exact) mass is 545 g/mol. The van der Waals surface area contributed by atoms with E-state index in [2.05, 4.69) is 20.6 Å². The maximum atomic E-state index is 13.3. The summed E-state index contributed by atoms with van der Waals surface area (Å²) in [6, 6.07) is 11.2. The number of H-pyrrole nitrogens is 1. The zero-order chi connectivity index (χ0) is 28.8. The molecule has 208 valence electrons.